The summed E-state index contributed by atoms with van der Waals surface area (Å²) in [6.45, 7) is -0.297. The molecule has 4 aromatic rings. The van der Waals surface area contributed by atoms with Gasteiger partial charge in [-0.1, -0.05) is 30.3 Å². The quantitative estimate of drug-likeness (QED) is 0.331. The zero-order chi connectivity index (χ0) is 25.7. The molecule has 1 aliphatic rings. The van der Waals surface area contributed by atoms with E-state index in [1.807, 2.05) is 0 Å². The molecule has 0 atom stereocenters. The van der Waals surface area contributed by atoms with Crippen molar-refractivity contribution in [2.45, 2.75) is 18.6 Å². The van der Waals surface area contributed by atoms with Gasteiger partial charge in [0, 0.05) is 23.9 Å². The van der Waals surface area contributed by atoms with Gasteiger partial charge in [-0.05, 0) is 47.5 Å². The number of benzene rings is 3. The molecule has 0 aliphatic carbocycles. The summed E-state index contributed by atoms with van der Waals surface area (Å²) in [5.41, 5.74) is 0.154. The Balaban J connectivity index is 1.43. The van der Waals surface area contributed by atoms with E-state index in [4.69, 9.17) is 0 Å². The predicted octanol–water partition coefficient (Wildman–Crippen LogP) is 6.33. The summed E-state index contributed by atoms with van der Waals surface area (Å²) in [5, 5.41) is 6.64. The number of nitrogens with zero attached hydrogens (tertiary/aromatic N) is 2. The SMILES string of the molecule is O=C(NCc1ccc2c(c1)C(F)(F)C(F)(F)O2)n1cc(-c2ccc(F)cc2)c(-c2ccccc2F)n1. The Hall–Kier alpha value is -4.28. The second kappa shape index (κ2) is 8.43. The average molecular weight is 503 g/mol. The Bertz CT molecular complexity index is 1470. The van der Waals surface area contributed by atoms with E-state index in [-0.39, 0.29) is 23.4 Å². The molecular formula is C25H15F6N3O2. The zero-order valence-corrected chi connectivity index (χ0v) is 18.1. The van der Waals surface area contributed by atoms with Crippen molar-refractivity contribution in [3.8, 4) is 28.1 Å². The number of carbonyl (C=O) groups excluding carboxylic acids is 1. The van der Waals surface area contributed by atoms with E-state index >= 15 is 0 Å². The van der Waals surface area contributed by atoms with E-state index in [0.29, 0.717) is 11.1 Å². The lowest BCUT2D eigenvalue weighted by atomic mass is 10.0. The molecular weight excluding hydrogens is 488 g/mol. The van der Waals surface area contributed by atoms with Gasteiger partial charge in [0.1, 0.15) is 23.1 Å². The number of ether oxygens (including phenoxy) is 1. The summed E-state index contributed by atoms with van der Waals surface area (Å²) >= 11 is 0. The monoisotopic (exact) mass is 503 g/mol. The standard InChI is InChI=1S/C25H15F6N3O2/c26-16-8-6-15(7-9-16)18-13-34(33-22(18)17-3-1-2-4-20(17)27)23(35)32-12-14-5-10-21-19(11-14)24(28,29)25(30,31)36-21/h1-11,13H,12H2,(H,32,35). The summed E-state index contributed by atoms with van der Waals surface area (Å²) < 4.78 is 87.7. The molecule has 0 fully saturated rings. The number of aromatic nitrogens is 2. The average Bonchev–Trinajstić information content (AvgIpc) is 3.35. The molecule has 184 valence electrons. The van der Waals surface area contributed by atoms with Gasteiger partial charge in [0.05, 0.1) is 5.56 Å². The molecule has 0 saturated heterocycles. The summed E-state index contributed by atoms with van der Waals surface area (Å²) in [4.78, 5) is 12.8. The van der Waals surface area contributed by atoms with Crippen molar-refractivity contribution in [1.29, 1.82) is 0 Å². The minimum Gasteiger partial charge on any atom is -0.427 e. The Labute approximate surface area is 199 Å². The van der Waals surface area contributed by atoms with Gasteiger partial charge in [0.15, 0.2) is 0 Å². The smallest absolute Gasteiger partial charge is 0.427 e. The van der Waals surface area contributed by atoms with Crippen LogP contribution in [0.4, 0.5) is 31.1 Å². The topological polar surface area (TPSA) is 56.1 Å². The molecule has 1 amide bonds. The maximum absolute atomic E-state index is 14.5. The van der Waals surface area contributed by atoms with Crippen molar-refractivity contribution in [2.75, 3.05) is 0 Å². The van der Waals surface area contributed by atoms with E-state index in [0.717, 1.165) is 16.8 Å². The van der Waals surface area contributed by atoms with Gasteiger partial charge in [0.2, 0.25) is 0 Å². The lowest BCUT2D eigenvalue weighted by molar-refractivity contribution is -0.296. The van der Waals surface area contributed by atoms with E-state index in [9.17, 15) is 31.1 Å². The third-order valence-electron chi connectivity index (χ3n) is 5.64. The number of hydrogen-bond donors (Lipinski definition) is 1. The number of carbonyl (C=O) groups is 1. The number of alkyl halides is 4. The molecule has 0 bridgehead atoms. The van der Waals surface area contributed by atoms with Crippen LogP contribution in [0.25, 0.3) is 22.4 Å². The molecule has 0 spiro atoms. The van der Waals surface area contributed by atoms with Crippen LogP contribution in [-0.4, -0.2) is 21.9 Å². The van der Waals surface area contributed by atoms with Crippen molar-refractivity contribution < 1.29 is 35.9 Å². The number of halogens is 6. The van der Waals surface area contributed by atoms with Crippen LogP contribution in [0.1, 0.15) is 11.1 Å². The molecule has 0 unspecified atom stereocenters. The first-order chi connectivity index (χ1) is 17.1. The van der Waals surface area contributed by atoms with Crippen LogP contribution in [0, 0.1) is 11.6 Å². The normalized spacial score (nSPS) is 15.3. The van der Waals surface area contributed by atoms with Gasteiger partial charge in [-0.3, -0.25) is 0 Å². The van der Waals surface area contributed by atoms with Crippen molar-refractivity contribution in [3.05, 3.63) is 95.7 Å². The van der Waals surface area contributed by atoms with Crippen LogP contribution < -0.4 is 10.1 Å². The molecule has 0 radical (unpaired) electrons. The molecule has 5 rings (SSSR count). The minimum atomic E-state index is -4.67. The fourth-order valence-corrected chi connectivity index (χ4v) is 3.81. The molecule has 1 N–H and O–H groups in total. The highest BCUT2D eigenvalue weighted by atomic mass is 19.3. The largest absolute Gasteiger partial charge is 0.469 e. The van der Waals surface area contributed by atoms with Gasteiger partial charge < -0.3 is 10.1 Å². The molecule has 2 heterocycles. The highest BCUT2D eigenvalue weighted by Crippen LogP contribution is 2.53. The molecule has 1 aromatic heterocycles. The lowest BCUT2D eigenvalue weighted by Gasteiger charge is -2.16. The van der Waals surface area contributed by atoms with Crippen molar-refractivity contribution in [3.63, 3.8) is 0 Å². The molecule has 36 heavy (non-hydrogen) atoms. The van der Waals surface area contributed by atoms with Crippen LogP contribution in [0.5, 0.6) is 5.75 Å². The highest BCUT2D eigenvalue weighted by molar-refractivity contribution is 5.85. The third kappa shape index (κ3) is 3.96. The number of fused-ring (bicyclic) bond motifs is 1. The third-order valence-corrected chi connectivity index (χ3v) is 5.64. The summed E-state index contributed by atoms with van der Waals surface area (Å²) in [6, 6.07) is 13.3. The number of rotatable bonds is 4. The summed E-state index contributed by atoms with van der Waals surface area (Å²) in [5.74, 6) is -6.25. The molecule has 11 heteroatoms. The van der Waals surface area contributed by atoms with Crippen molar-refractivity contribution in [1.82, 2.24) is 15.1 Å². The fraction of sp³-hybridized carbons (Fsp3) is 0.120. The van der Waals surface area contributed by atoms with Crippen LogP contribution >= 0.6 is 0 Å². The van der Waals surface area contributed by atoms with Crippen molar-refractivity contribution >= 4 is 6.03 Å². The zero-order valence-electron chi connectivity index (χ0n) is 18.1. The van der Waals surface area contributed by atoms with Crippen LogP contribution in [0.15, 0.2) is 72.9 Å². The molecule has 5 nitrogen and oxygen atoms in total. The maximum Gasteiger partial charge on any atom is 0.469 e. The van der Waals surface area contributed by atoms with Gasteiger partial charge in [-0.15, -0.1) is 0 Å². The van der Waals surface area contributed by atoms with Gasteiger partial charge in [-0.25, -0.2) is 13.6 Å². The van der Waals surface area contributed by atoms with Gasteiger partial charge in [0.25, 0.3) is 0 Å². The van der Waals surface area contributed by atoms with E-state index in [2.05, 4.69) is 15.2 Å². The maximum atomic E-state index is 14.5. The first kappa shape index (κ1) is 23.5. The van der Waals surface area contributed by atoms with Crippen molar-refractivity contribution in [2.24, 2.45) is 0 Å². The molecule has 0 saturated carbocycles. The highest BCUT2D eigenvalue weighted by Gasteiger charge is 2.66. The Morgan fingerprint density at radius 3 is 2.39 bits per heavy atom. The predicted molar refractivity (Wildman–Crippen MR) is 117 cm³/mol. The summed E-state index contributed by atoms with van der Waals surface area (Å²) in [6.07, 6.45) is -3.36. The van der Waals surface area contributed by atoms with E-state index < -0.39 is 41.0 Å². The first-order valence-electron chi connectivity index (χ1n) is 10.5. The number of nitrogens with one attached hydrogen (secondary N) is 1. The van der Waals surface area contributed by atoms with Crippen LogP contribution in [0.2, 0.25) is 0 Å². The Morgan fingerprint density at radius 2 is 1.67 bits per heavy atom. The Morgan fingerprint density at radius 1 is 0.944 bits per heavy atom. The van der Waals surface area contributed by atoms with Crippen LogP contribution in [-0.2, 0) is 12.5 Å². The van der Waals surface area contributed by atoms with Crippen LogP contribution in [0.3, 0.4) is 0 Å². The Kier molecular flexibility index (Phi) is 5.50. The lowest BCUT2D eigenvalue weighted by Crippen LogP contribution is -2.37. The summed E-state index contributed by atoms with van der Waals surface area (Å²) in [7, 11) is 0. The minimum absolute atomic E-state index is 0.102. The second-order valence-corrected chi connectivity index (χ2v) is 8.01. The molecule has 1 aliphatic heterocycles. The van der Waals surface area contributed by atoms with E-state index in [1.165, 1.54) is 54.7 Å². The molecule has 3 aromatic carbocycles. The number of hydrogen-bond acceptors (Lipinski definition) is 3. The second-order valence-electron chi connectivity index (χ2n) is 8.01. The van der Waals surface area contributed by atoms with Gasteiger partial charge in [-0.2, -0.15) is 27.3 Å². The van der Waals surface area contributed by atoms with E-state index in [1.54, 1.807) is 6.07 Å². The van der Waals surface area contributed by atoms with Gasteiger partial charge >= 0.3 is 18.1 Å². The fourth-order valence-electron chi connectivity index (χ4n) is 3.81. The number of amides is 1. The first-order valence-corrected chi connectivity index (χ1v) is 10.5.